The van der Waals surface area contributed by atoms with Gasteiger partial charge in [0, 0.05) is 19.0 Å². The van der Waals surface area contributed by atoms with Gasteiger partial charge in [-0.25, -0.2) is 4.79 Å². The summed E-state index contributed by atoms with van der Waals surface area (Å²) in [7, 11) is 0. The molecule has 27 heavy (non-hydrogen) atoms. The number of ketones is 2. The first-order valence-corrected chi connectivity index (χ1v) is 9.70. The fourth-order valence-corrected chi connectivity index (χ4v) is 2.75. The van der Waals surface area contributed by atoms with Crippen molar-refractivity contribution in [3.63, 3.8) is 0 Å². The average Bonchev–Trinajstić information content (AvgIpc) is 2.62. The van der Waals surface area contributed by atoms with E-state index in [1.165, 1.54) is 19.4 Å². The standard InChI is InChI=1S/C21H33N3O3/c1-16(9-7-8-14-22-15-19-10-5-4-6-11-19)23-21(27)24-20(18(3)26)13-12-17(2)25/h4-6,10-11,16,20,22H,7-9,12-15H2,1-3H3,(H2,23,24,27). The second-order valence-electron chi connectivity index (χ2n) is 7.08. The van der Waals surface area contributed by atoms with Crippen LogP contribution < -0.4 is 16.0 Å². The minimum atomic E-state index is -0.608. The number of carbonyl (C=O) groups is 3. The van der Waals surface area contributed by atoms with Crippen molar-refractivity contribution in [3.05, 3.63) is 35.9 Å². The van der Waals surface area contributed by atoms with Crippen molar-refractivity contribution in [1.82, 2.24) is 16.0 Å². The largest absolute Gasteiger partial charge is 0.336 e. The minimum absolute atomic E-state index is 0.0118. The Labute approximate surface area is 162 Å². The van der Waals surface area contributed by atoms with Gasteiger partial charge in [-0.15, -0.1) is 0 Å². The highest BCUT2D eigenvalue weighted by atomic mass is 16.2. The lowest BCUT2D eigenvalue weighted by molar-refractivity contribution is -0.119. The van der Waals surface area contributed by atoms with Gasteiger partial charge < -0.3 is 20.7 Å². The van der Waals surface area contributed by atoms with Crippen LogP contribution in [-0.2, 0) is 16.1 Å². The molecule has 0 fully saturated rings. The molecule has 1 rings (SSSR count). The first-order chi connectivity index (χ1) is 12.9. The van der Waals surface area contributed by atoms with E-state index in [1.54, 1.807) is 0 Å². The number of amides is 2. The Morgan fingerprint density at radius 2 is 1.67 bits per heavy atom. The van der Waals surface area contributed by atoms with Crippen molar-refractivity contribution in [2.24, 2.45) is 0 Å². The maximum atomic E-state index is 12.0. The summed E-state index contributed by atoms with van der Waals surface area (Å²) in [6.07, 6.45) is 3.55. The fourth-order valence-electron chi connectivity index (χ4n) is 2.75. The van der Waals surface area contributed by atoms with Crippen molar-refractivity contribution in [1.29, 1.82) is 0 Å². The molecule has 0 aliphatic heterocycles. The van der Waals surface area contributed by atoms with Crippen LogP contribution >= 0.6 is 0 Å². The van der Waals surface area contributed by atoms with Crippen molar-refractivity contribution >= 4 is 17.6 Å². The third kappa shape index (κ3) is 11.2. The Bertz CT molecular complexity index is 590. The topological polar surface area (TPSA) is 87.3 Å². The van der Waals surface area contributed by atoms with Crippen molar-refractivity contribution < 1.29 is 14.4 Å². The lowest BCUT2D eigenvalue weighted by Gasteiger charge is -2.19. The summed E-state index contributed by atoms with van der Waals surface area (Å²) < 4.78 is 0. The summed E-state index contributed by atoms with van der Waals surface area (Å²) in [4.78, 5) is 34.7. The van der Waals surface area contributed by atoms with E-state index in [4.69, 9.17) is 0 Å². The van der Waals surface area contributed by atoms with Crippen LogP contribution in [-0.4, -0.2) is 36.2 Å². The van der Waals surface area contributed by atoms with E-state index in [9.17, 15) is 14.4 Å². The number of hydrogen-bond acceptors (Lipinski definition) is 4. The van der Waals surface area contributed by atoms with E-state index >= 15 is 0 Å². The van der Waals surface area contributed by atoms with Gasteiger partial charge in [0.1, 0.15) is 5.78 Å². The van der Waals surface area contributed by atoms with Gasteiger partial charge in [-0.3, -0.25) is 4.79 Å². The van der Waals surface area contributed by atoms with Gasteiger partial charge in [0.2, 0.25) is 0 Å². The van der Waals surface area contributed by atoms with Crippen molar-refractivity contribution in [2.75, 3.05) is 6.54 Å². The molecule has 6 heteroatoms. The first kappa shape index (κ1) is 22.8. The van der Waals surface area contributed by atoms with Crippen LogP contribution in [0.15, 0.2) is 30.3 Å². The Kier molecular flexibility index (Phi) is 11.0. The molecule has 150 valence electrons. The lowest BCUT2D eigenvalue weighted by Crippen LogP contribution is -2.48. The number of benzene rings is 1. The maximum Gasteiger partial charge on any atom is 0.315 e. The van der Waals surface area contributed by atoms with E-state index in [2.05, 4.69) is 28.1 Å². The number of carbonyl (C=O) groups excluding carboxylic acids is 3. The van der Waals surface area contributed by atoms with E-state index in [1.807, 2.05) is 25.1 Å². The maximum absolute atomic E-state index is 12.0. The Balaban J connectivity index is 2.15. The predicted octanol–water partition coefficient (Wildman–Crippen LogP) is 2.96. The molecule has 0 aliphatic rings. The normalized spacial score (nSPS) is 12.9. The minimum Gasteiger partial charge on any atom is -0.336 e. The number of hydrogen-bond donors (Lipinski definition) is 3. The highest BCUT2D eigenvalue weighted by Crippen LogP contribution is 2.03. The SMILES string of the molecule is CC(=O)CCC(NC(=O)NC(C)CCCCNCc1ccccc1)C(C)=O. The van der Waals surface area contributed by atoms with Gasteiger partial charge in [0.25, 0.3) is 0 Å². The smallest absolute Gasteiger partial charge is 0.315 e. The van der Waals surface area contributed by atoms with Gasteiger partial charge >= 0.3 is 6.03 Å². The third-order valence-corrected chi connectivity index (χ3v) is 4.37. The molecular weight excluding hydrogens is 342 g/mol. The monoisotopic (exact) mass is 375 g/mol. The molecule has 0 saturated heterocycles. The number of unbranched alkanes of at least 4 members (excludes halogenated alkanes) is 1. The van der Waals surface area contributed by atoms with Crippen LogP contribution in [0.2, 0.25) is 0 Å². The van der Waals surface area contributed by atoms with Gasteiger partial charge in [0.05, 0.1) is 6.04 Å². The molecule has 0 saturated carbocycles. The molecule has 0 heterocycles. The Morgan fingerprint density at radius 1 is 0.963 bits per heavy atom. The predicted molar refractivity (Wildman–Crippen MR) is 108 cm³/mol. The first-order valence-electron chi connectivity index (χ1n) is 9.70. The average molecular weight is 376 g/mol. The van der Waals surface area contributed by atoms with Crippen LogP contribution in [0.5, 0.6) is 0 Å². The molecular formula is C21H33N3O3. The zero-order valence-electron chi connectivity index (χ0n) is 16.7. The summed E-state index contributed by atoms with van der Waals surface area (Å²) in [6, 6.07) is 9.34. The molecule has 0 radical (unpaired) electrons. The van der Waals surface area contributed by atoms with Crippen LogP contribution in [0.4, 0.5) is 4.79 Å². The Hall–Kier alpha value is -2.21. The van der Waals surface area contributed by atoms with Gasteiger partial charge in [0.15, 0.2) is 5.78 Å². The fraction of sp³-hybridized carbons (Fsp3) is 0.571. The summed E-state index contributed by atoms with van der Waals surface area (Å²) in [5, 5.41) is 8.94. The van der Waals surface area contributed by atoms with E-state index < -0.39 is 6.04 Å². The highest BCUT2D eigenvalue weighted by molar-refractivity contribution is 5.87. The summed E-state index contributed by atoms with van der Waals surface area (Å²) >= 11 is 0. The summed E-state index contributed by atoms with van der Waals surface area (Å²) in [5.41, 5.74) is 1.27. The molecule has 0 aromatic heterocycles. The van der Waals surface area contributed by atoms with E-state index in [0.717, 1.165) is 32.4 Å². The summed E-state index contributed by atoms with van der Waals surface area (Å²) in [5.74, 6) is -0.124. The van der Waals surface area contributed by atoms with Crippen molar-refractivity contribution in [2.45, 2.75) is 71.5 Å². The molecule has 3 N–H and O–H groups in total. The Morgan fingerprint density at radius 3 is 2.30 bits per heavy atom. The molecule has 6 nitrogen and oxygen atoms in total. The molecule has 0 bridgehead atoms. The molecule has 1 aromatic rings. The van der Waals surface area contributed by atoms with Crippen LogP contribution in [0.25, 0.3) is 0 Å². The molecule has 0 spiro atoms. The highest BCUT2D eigenvalue weighted by Gasteiger charge is 2.18. The van der Waals surface area contributed by atoms with Gasteiger partial charge in [-0.1, -0.05) is 36.8 Å². The zero-order valence-corrected chi connectivity index (χ0v) is 16.7. The number of rotatable bonds is 13. The van der Waals surface area contributed by atoms with Crippen molar-refractivity contribution in [3.8, 4) is 0 Å². The van der Waals surface area contributed by atoms with E-state index in [-0.39, 0.29) is 30.1 Å². The zero-order chi connectivity index (χ0) is 20.1. The summed E-state index contributed by atoms with van der Waals surface area (Å²) in [6.45, 7) is 6.66. The number of Topliss-reactive ketones (excluding diaryl/α,β-unsaturated/α-hetero) is 2. The molecule has 2 amide bonds. The van der Waals surface area contributed by atoms with E-state index in [0.29, 0.717) is 6.42 Å². The quantitative estimate of drug-likeness (QED) is 0.463. The van der Waals surface area contributed by atoms with Crippen LogP contribution in [0.1, 0.15) is 58.4 Å². The molecule has 0 aliphatic carbocycles. The van der Waals surface area contributed by atoms with Gasteiger partial charge in [-0.05, 0) is 52.1 Å². The molecule has 1 aromatic carbocycles. The second kappa shape index (κ2) is 13.0. The van der Waals surface area contributed by atoms with Gasteiger partial charge in [-0.2, -0.15) is 0 Å². The second-order valence-corrected chi connectivity index (χ2v) is 7.08. The third-order valence-electron chi connectivity index (χ3n) is 4.37. The lowest BCUT2D eigenvalue weighted by atomic mass is 10.1. The van der Waals surface area contributed by atoms with Crippen LogP contribution in [0, 0.1) is 0 Å². The number of urea groups is 1. The number of nitrogens with one attached hydrogen (secondary N) is 3. The molecule has 2 unspecified atom stereocenters. The van der Waals surface area contributed by atoms with Crippen LogP contribution in [0.3, 0.4) is 0 Å². The molecule has 2 atom stereocenters.